The van der Waals surface area contributed by atoms with Gasteiger partial charge in [0, 0.05) is 30.2 Å². The van der Waals surface area contributed by atoms with Crippen LogP contribution in [0.5, 0.6) is 0 Å². The van der Waals surface area contributed by atoms with Gasteiger partial charge in [0.1, 0.15) is 5.82 Å². The fourth-order valence-electron chi connectivity index (χ4n) is 3.44. The van der Waals surface area contributed by atoms with Crippen LogP contribution in [-0.2, 0) is 11.3 Å². The number of likely N-dealkylation sites (tertiary alicyclic amines) is 1. The molecule has 0 aliphatic carbocycles. The molecule has 0 bridgehead atoms. The van der Waals surface area contributed by atoms with Gasteiger partial charge < -0.3 is 14.8 Å². The molecular formula is C22H18FN3O2. The number of hydrogen-bond donors (Lipinski definition) is 1. The summed E-state index contributed by atoms with van der Waals surface area (Å²) < 4.78 is 14.8. The maximum atomic E-state index is 13.2. The van der Waals surface area contributed by atoms with Crippen LogP contribution < -0.4 is 10.9 Å². The molecule has 1 N–H and O–H groups in total. The Labute approximate surface area is 161 Å². The van der Waals surface area contributed by atoms with Gasteiger partial charge in [0.05, 0.1) is 18.1 Å². The molecule has 0 radical (unpaired) electrons. The van der Waals surface area contributed by atoms with E-state index in [2.05, 4.69) is 11.2 Å². The molecule has 1 aliphatic rings. The quantitative estimate of drug-likeness (QED) is 0.713. The van der Waals surface area contributed by atoms with E-state index in [1.165, 1.54) is 12.1 Å². The highest BCUT2D eigenvalue weighted by atomic mass is 19.1. The number of carbonyl (C=O) groups excluding carboxylic acids is 1. The van der Waals surface area contributed by atoms with E-state index in [4.69, 9.17) is 6.42 Å². The number of benzene rings is 2. The Bertz CT molecular complexity index is 1140. The smallest absolute Gasteiger partial charge is 0.298 e. The molecule has 1 amide bonds. The van der Waals surface area contributed by atoms with Gasteiger partial charge in [-0.2, -0.15) is 0 Å². The molecule has 1 aliphatic heterocycles. The molecule has 3 aromatic rings. The number of anilines is 1. The first-order valence-corrected chi connectivity index (χ1v) is 8.94. The first kappa shape index (κ1) is 17.8. The minimum atomic E-state index is -0.322. The van der Waals surface area contributed by atoms with Crippen molar-refractivity contribution < 1.29 is 9.18 Å². The van der Waals surface area contributed by atoms with E-state index < -0.39 is 0 Å². The highest BCUT2D eigenvalue weighted by Crippen LogP contribution is 2.24. The number of nitrogens with zero attached hydrogens (tertiary/aromatic N) is 2. The number of aromatic nitrogens is 1. The van der Waals surface area contributed by atoms with Gasteiger partial charge in [-0.3, -0.25) is 9.59 Å². The van der Waals surface area contributed by atoms with E-state index in [9.17, 15) is 14.0 Å². The van der Waals surface area contributed by atoms with Crippen molar-refractivity contribution in [2.45, 2.75) is 12.6 Å². The van der Waals surface area contributed by atoms with Crippen LogP contribution in [0.4, 0.5) is 10.1 Å². The molecule has 2 heterocycles. The van der Waals surface area contributed by atoms with Crippen molar-refractivity contribution in [1.29, 1.82) is 0 Å². The summed E-state index contributed by atoms with van der Waals surface area (Å²) in [5.41, 5.74) is 2.21. The van der Waals surface area contributed by atoms with Gasteiger partial charge >= 0.3 is 0 Å². The maximum Gasteiger partial charge on any atom is 0.298 e. The standard InChI is InChI=1S/C22H18FN3O2/c1-2-21(27)25-13-17(14-25)24-19-11-22(28)26(20-6-4-3-5-18(19)20)12-15-7-9-16(23)10-8-15/h1,3-11,17,24H,12-14H2. The lowest BCUT2D eigenvalue weighted by Gasteiger charge is -2.39. The van der Waals surface area contributed by atoms with Crippen LogP contribution in [0, 0.1) is 18.2 Å². The fourth-order valence-corrected chi connectivity index (χ4v) is 3.44. The zero-order chi connectivity index (χ0) is 19.7. The fraction of sp³-hybridized carbons (Fsp3) is 0.182. The van der Waals surface area contributed by atoms with Crippen LogP contribution in [0.3, 0.4) is 0 Å². The third kappa shape index (κ3) is 3.35. The van der Waals surface area contributed by atoms with Crippen LogP contribution >= 0.6 is 0 Å². The first-order chi connectivity index (χ1) is 13.5. The number of amides is 1. The van der Waals surface area contributed by atoms with Gasteiger partial charge in [0.15, 0.2) is 0 Å². The Morgan fingerprint density at radius 1 is 1.18 bits per heavy atom. The van der Waals surface area contributed by atoms with Crippen LogP contribution in [-0.4, -0.2) is 34.5 Å². The Morgan fingerprint density at radius 2 is 1.89 bits per heavy atom. The SMILES string of the molecule is C#CC(=O)N1CC(Nc2cc(=O)n(Cc3ccc(F)cc3)c3ccccc23)C1. The van der Waals surface area contributed by atoms with E-state index in [0.717, 1.165) is 22.2 Å². The van der Waals surface area contributed by atoms with Crippen molar-refractivity contribution in [1.82, 2.24) is 9.47 Å². The maximum absolute atomic E-state index is 13.2. The van der Waals surface area contributed by atoms with Crippen molar-refractivity contribution in [3.05, 3.63) is 76.3 Å². The highest BCUT2D eigenvalue weighted by molar-refractivity contribution is 5.94. The number of rotatable bonds is 4. The van der Waals surface area contributed by atoms with Crippen molar-refractivity contribution in [3.8, 4) is 12.3 Å². The van der Waals surface area contributed by atoms with Crippen molar-refractivity contribution >= 4 is 22.5 Å². The number of halogens is 1. The minimum absolute atomic E-state index is 0.0491. The van der Waals surface area contributed by atoms with Gasteiger partial charge in [-0.1, -0.05) is 30.3 Å². The average molecular weight is 375 g/mol. The molecule has 1 saturated heterocycles. The molecule has 1 fully saturated rings. The predicted octanol–water partition coefficient (Wildman–Crippen LogP) is 2.44. The predicted molar refractivity (Wildman–Crippen MR) is 107 cm³/mol. The van der Waals surface area contributed by atoms with Gasteiger partial charge in [0.25, 0.3) is 11.5 Å². The second-order valence-corrected chi connectivity index (χ2v) is 6.82. The monoisotopic (exact) mass is 375 g/mol. The Kier molecular flexibility index (Phi) is 4.58. The summed E-state index contributed by atoms with van der Waals surface area (Å²) >= 11 is 0. The van der Waals surface area contributed by atoms with Crippen LogP contribution in [0.25, 0.3) is 10.9 Å². The number of para-hydroxylation sites is 1. The molecular weight excluding hydrogens is 357 g/mol. The third-order valence-corrected chi connectivity index (χ3v) is 4.92. The number of hydrogen-bond acceptors (Lipinski definition) is 3. The summed E-state index contributed by atoms with van der Waals surface area (Å²) in [6, 6.07) is 15.4. The zero-order valence-electron chi connectivity index (χ0n) is 15.1. The Morgan fingerprint density at radius 3 is 2.61 bits per heavy atom. The third-order valence-electron chi connectivity index (χ3n) is 4.92. The lowest BCUT2D eigenvalue weighted by Crippen LogP contribution is -2.56. The molecule has 140 valence electrons. The second kappa shape index (κ2) is 7.20. The Hall–Kier alpha value is -3.59. The van der Waals surface area contributed by atoms with Gasteiger partial charge in [-0.25, -0.2) is 4.39 Å². The molecule has 0 spiro atoms. The van der Waals surface area contributed by atoms with Crippen molar-refractivity contribution in [3.63, 3.8) is 0 Å². The topological polar surface area (TPSA) is 54.3 Å². The second-order valence-electron chi connectivity index (χ2n) is 6.82. The summed E-state index contributed by atoms with van der Waals surface area (Å²) in [5.74, 6) is 1.48. The van der Waals surface area contributed by atoms with Gasteiger partial charge in [-0.05, 0) is 29.7 Å². The van der Waals surface area contributed by atoms with Gasteiger partial charge in [-0.15, -0.1) is 6.42 Å². The summed E-state index contributed by atoms with van der Waals surface area (Å²) in [6.45, 7) is 1.37. The van der Waals surface area contributed by atoms with E-state index in [-0.39, 0.29) is 23.3 Å². The molecule has 4 rings (SSSR count). The largest absolute Gasteiger partial charge is 0.378 e. The normalized spacial score (nSPS) is 13.8. The van der Waals surface area contributed by atoms with E-state index in [1.54, 1.807) is 27.7 Å². The van der Waals surface area contributed by atoms with Crippen LogP contribution in [0.15, 0.2) is 59.4 Å². The van der Waals surface area contributed by atoms with Crippen LogP contribution in [0.2, 0.25) is 0 Å². The number of carbonyl (C=O) groups is 1. The molecule has 0 saturated carbocycles. The highest BCUT2D eigenvalue weighted by Gasteiger charge is 2.30. The summed E-state index contributed by atoms with van der Waals surface area (Å²) in [6.07, 6.45) is 5.14. The van der Waals surface area contributed by atoms with E-state index in [0.29, 0.717) is 19.6 Å². The summed E-state index contributed by atoms with van der Waals surface area (Å²) in [5, 5.41) is 4.25. The average Bonchev–Trinajstić information content (AvgIpc) is 2.68. The lowest BCUT2D eigenvalue weighted by molar-refractivity contribution is -0.128. The van der Waals surface area contributed by atoms with Crippen molar-refractivity contribution in [2.24, 2.45) is 0 Å². The molecule has 28 heavy (non-hydrogen) atoms. The van der Waals surface area contributed by atoms with Crippen molar-refractivity contribution in [2.75, 3.05) is 18.4 Å². The summed E-state index contributed by atoms with van der Waals surface area (Å²) in [4.78, 5) is 25.9. The lowest BCUT2D eigenvalue weighted by atomic mass is 10.1. The molecule has 5 nitrogen and oxygen atoms in total. The zero-order valence-corrected chi connectivity index (χ0v) is 15.1. The molecule has 6 heteroatoms. The van der Waals surface area contributed by atoms with E-state index >= 15 is 0 Å². The number of nitrogens with one attached hydrogen (secondary N) is 1. The molecule has 2 aromatic carbocycles. The number of fused-ring (bicyclic) bond motifs is 1. The molecule has 0 atom stereocenters. The van der Waals surface area contributed by atoms with Gasteiger partial charge in [0.2, 0.25) is 0 Å². The number of pyridine rings is 1. The van der Waals surface area contributed by atoms with E-state index in [1.807, 2.05) is 24.3 Å². The minimum Gasteiger partial charge on any atom is -0.378 e. The molecule has 0 unspecified atom stereocenters. The number of terminal acetylenes is 1. The first-order valence-electron chi connectivity index (χ1n) is 8.94. The van der Waals surface area contributed by atoms with Crippen LogP contribution in [0.1, 0.15) is 5.56 Å². The Balaban J connectivity index is 1.64. The summed E-state index contributed by atoms with van der Waals surface area (Å²) in [7, 11) is 0. The molecule has 1 aromatic heterocycles.